The van der Waals surface area contributed by atoms with Crippen molar-refractivity contribution in [3.05, 3.63) is 36.0 Å². The van der Waals surface area contributed by atoms with Gasteiger partial charge in [-0.05, 0) is 12.1 Å². The van der Waals surface area contributed by atoms with Crippen molar-refractivity contribution in [2.45, 2.75) is 0 Å². The molecule has 0 atom stereocenters. The summed E-state index contributed by atoms with van der Waals surface area (Å²) >= 11 is 0. The SMILES string of the molecule is COc1cc(Oc2ncccc2C#N)cc(OC)c1OC. The fraction of sp³-hybridized carbons (Fsp3) is 0.200. The first kappa shape index (κ1) is 14.5. The lowest BCUT2D eigenvalue weighted by Crippen LogP contribution is -1.97. The second-order valence-electron chi connectivity index (χ2n) is 3.93. The summed E-state index contributed by atoms with van der Waals surface area (Å²) < 4.78 is 21.4. The number of nitriles is 1. The van der Waals surface area contributed by atoms with Gasteiger partial charge in [0.2, 0.25) is 11.6 Å². The van der Waals surface area contributed by atoms with Crippen molar-refractivity contribution in [1.82, 2.24) is 4.98 Å². The molecule has 0 aliphatic rings. The second kappa shape index (κ2) is 6.48. The Labute approximate surface area is 122 Å². The first-order valence-electron chi connectivity index (χ1n) is 6.06. The first-order valence-corrected chi connectivity index (χ1v) is 6.06. The number of rotatable bonds is 5. The zero-order valence-corrected chi connectivity index (χ0v) is 11.9. The zero-order chi connectivity index (χ0) is 15.2. The molecule has 1 aromatic carbocycles. The average Bonchev–Trinajstić information content (AvgIpc) is 2.54. The third-order valence-electron chi connectivity index (χ3n) is 2.74. The van der Waals surface area contributed by atoms with Crippen LogP contribution in [-0.4, -0.2) is 26.3 Å². The molecule has 6 nitrogen and oxygen atoms in total. The number of hydrogen-bond donors (Lipinski definition) is 0. The lowest BCUT2D eigenvalue weighted by atomic mass is 10.2. The zero-order valence-electron chi connectivity index (χ0n) is 11.9. The molecule has 2 aromatic rings. The maximum atomic E-state index is 9.04. The molecule has 6 heteroatoms. The molecule has 0 saturated heterocycles. The standard InChI is InChI=1S/C15H14N2O4/c1-18-12-7-11(8-13(19-2)14(12)20-3)21-15-10(9-16)5-4-6-17-15/h4-8H,1-3H3. The quantitative estimate of drug-likeness (QED) is 0.841. The number of hydrogen-bond acceptors (Lipinski definition) is 6. The molecule has 0 aliphatic carbocycles. The van der Waals surface area contributed by atoms with Crippen LogP contribution in [0.3, 0.4) is 0 Å². The summed E-state index contributed by atoms with van der Waals surface area (Å²) in [4.78, 5) is 4.04. The van der Waals surface area contributed by atoms with Gasteiger partial charge >= 0.3 is 0 Å². The van der Waals surface area contributed by atoms with Crippen LogP contribution < -0.4 is 18.9 Å². The van der Waals surface area contributed by atoms with Crippen molar-refractivity contribution in [3.63, 3.8) is 0 Å². The van der Waals surface area contributed by atoms with Crippen LogP contribution >= 0.6 is 0 Å². The lowest BCUT2D eigenvalue weighted by molar-refractivity contribution is 0.320. The van der Waals surface area contributed by atoms with Gasteiger partial charge in [0, 0.05) is 18.3 Å². The minimum Gasteiger partial charge on any atom is -0.493 e. The number of nitrogens with zero attached hydrogens (tertiary/aromatic N) is 2. The van der Waals surface area contributed by atoms with E-state index in [1.54, 1.807) is 30.5 Å². The van der Waals surface area contributed by atoms with Gasteiger partial charge in [-0.3, -0.25) is 0 Å². The molecule has 0 amide bonds. The van der Waals surface area contributed by atoms with Gasteiger partial charge in [-0.15, -0.1) is 0 Å². The number of benzene rings is 1. The second-order valence-corrected chi connectivity index (χ2v) is 3.93. The molecular formula is C15H14N2O4. The molecule has 2 rings (SSSR count). The molecule has 1 heterocycles. The molecule has 0 fully saturated rings. The summed E-state index contributed by atoms with van der Waals surface area (Å²) in [6.45, 7) is 0. The molecule has 0 saturated carbocycles. The van der Waals surface area contributed by atoms with Gasteiger partial charge in [-0.25, -0.2) is 4.98 Å². The maximum Gasteiger partial charge on any atom is 0.237 e. The highest BCUT2D eigenvalue weighted by atomic mass is 16.5. The summed E-state index contributed by atoms with van der Waals surface area (Å²) in [5.74, 6) is 2.03. The minimum atomic E-state index is 0.217. The Morgan fingerprint density at radius 2 is 1.71 bits per heavy atom. The lowest BCUT2D eigenvalue weighted by Gasteiger charge is -2.14. The first-order chi connectivity index (χ1) is 10.2. The molecule has 0 spiro atoms. The van der Waals surface area contributed by atoms with Crippen LogP contribution in [0.25, 0.3) is 0 Å². The van der Waals surface area contributed by atoms with E-state index >= 15 is 0 Å². The fourth-order valence-electron chi connectivity index (χ4n) is 1.78. The molecule has 0 aliphatic heterocycles. The van der Waals surface area contributed by atoms with Gasteiger partial charge in [0.25, 0.3) is 0 Å². The van der Waals surface area contributed by atoms with Crippen LogP contribution in [0, 0.1) is 11.3 Å². The van der Waals surface area contributed by atoms with Crippen molar-refractivity contribution in [2.75, 3.05) is 21.3 Å². The summed E-state index contributed by atoms with van der Waals surface area (Å²) in [6, 6.07) is 8.59. The van der Waals surface area contributed by atoms with Crippen LogP contribution in [0.15, 0.2) is 30.5 Å². The Bertz CT molecular complexity index is 655. The predicted octanol–water partition coefficient (Wildman–Crippen LogP) is 2.77. The Hall–Kier alpha value is -2.94. The van der Waals surface area contributed by atoms with E-state index in [1.807, 2.05) is 6.07 Å². The van der Waals surface area contributed by atoms with Crippen LogP contribution in [0.4, 0.5) is 0 Å². The number of aromatic nitrogens is 1. The number of ether oxygens (including phenoxy) is 4. The molecule has 0 N–H and O–H groups in total. The number of pyridine rings is 1. The highest BCUT2D eigenvalue weighted by molar-refractivity contribution is 5.56. The molecule has 21 heavy (non-hydrogen) atoms. The predicted molar refractivity (Wildman–Crippen MR) is 75.1 cm³/mol. The van der Waals surface area contributed by atoms with Crippen molar-refractivity contribution in [1.29, 1.82) is 5.26 Å². The van der Waals surface area contributed by atoms with E-state index in [-0.39, 0.29) is 5.88 Å². The Kier molecular flexibility index (Phi) is 4.46. The topological polar surface area (TPSA) is 73.6 Å². The smallest absolute Gasteiger partial charge is 0.237 e. The van der Waals surface area contributed by atoms with Gasteiger partial charge in [0.15, 0.2) is 11.5 Å². The fourth-order valence-corrected chi connectivity index (χ4v) is 1.78. The highest BCUT2D eigenvalue weighted by Gasteiger charge is 2.15. The normalized spacial score (nSPS) is 9.62. The molecule has 0 bridgehead atoms. The largest absolute Gasteiger partial charge is 0.493 e. The van der Waals surface area contributed by atoms with E-state index in [2.05, 4.69) is 4.98 Å². The maximum absolute atomic E-state index is 9.04. The van der Waals surface area contributed by atoms with E-state index in [0.29, 0.717) is 28.6 Å². The van der Waals surface area contributed by atoms with Crippen LogP contribution in [-0.2, 0) is 0 Å². The Balaban J connectivity index is 2.43. The van der Waals surface area contributed by atoms with Crippen molar-refractivity contribution >= 4 is 0 Å². The summed E-state index contributed by atoms with van der Waals surface area (Å²) in [7, 11) is 4.55. The number of methoxy groups -OCH3 is 3. The summed E-state index contributed by atoms with van der Waals surface area (Å²) in [5, 5.41) is 9.04. The van der Waals surface area contributed by atoms with Crippen LogP contribution in [0.2, 0.25) is 0 Å². The van der Waals surface area contributed by atoms with E-state index in [0.717, 1.165) is 0 Å². The molecule has 1 aromatic heterocycles. The summed E-state index contributed by atoms with van der Waals surface area (Å²) in [6.07, 6.45) is 1.55. The Morgan fingerprint density at radius 3 is 2.24 bits per heavy atom. The monoisotopic (exact) mass is 286 g/mol. The Morgan fingerprint density at radius 1 is 1.05 bits per heavy atom. The van der Waals surface area contributed by atoms with Crippen molar-refractivity contribution in [2.24, 2.45) is 0 Å². The molecule has 108 valence electrons. The highest BCUT2D eigenvalue weighted by Crippen LogP contribution is 2.41. The van der Waals surface area contributed by atoms with Gasteiger partial charge in [0.1, 0.15) is 17.4 Å². The average molecular weight is 286 g/mol. The van der Waals surface area contributed by atoms with E-state index in [1.165, 1.54) is 21.3 Å². The van der Waals surface area contributed by atoms with Gasteiger partial charge in [0.05, 0.1) is 21.3 Å². The van der Waals surface area contributed by atoms with Gasteiger partial charge in [-0.2, -0.15) is 5.26 Å². The summed E-state index contributed by atoms with van der Waals surface area (Å²) in [5.41, 5.74) is 0.339. The molecule has 0 unspecified atom stereocenters. The van der Waals surface area contributed by atoms with E-state index < -0.39 is 0 Å². The van der Waals surface area contributed by atoms with Crippen molar-refractivity contribution < 1.29 is 18.9 Å². The third-order valence-corrected chi connectivity index (χ3v) is 2.74. The van der Waals surface area contributed by atoms with Gasteiger partial charge < -0.3 is 18.9 Å². The van der Waals surface area contributed by atoms with E-state index in [4.69, 9.17) is 24.2 Å². The minimum absolute atomic E-state index is 0.217. The van der Waals surface area contributed by atoms with Crippen molar-refractivity contribution in [3.8, 4) is 34.9 Å². The van der Waals surface area contributed by atoms with Crippen LogP contribution in [0.5, 0.6) is 28.9 Å². The van der Waals surface area contributed by atoms with Crippen LogP contribution in [0.1, 0.15) is 5.56 Å². The molecule has 0 radical (unpaired) electrons. The molecular weight excluding hydrogens is 272 g/mol. The van der Waals surface area contributed by atoms with Gasteiger partial charge in [-0.1, -0.05) is 0 Å². The van der Waals surface area contributed by atoms with E-state index in [9.17, 15) is 0 Å². The third kappa shape index (κ3) is 2.98.